The molecule has 2 aliphatic rings. The number of urea groups is 1. The summed E-state index contributed by atoms with van der Waals surface area (Å²) < 4.78 is 1.77. The van der Waals surface area contributed by atoms with Gasteiger partial charge in [-0.25, -0.2) is 9.79 Å². The number of carbonyl (C=O) groups excluding carboxylic acids is 2. The van der Waals surface area contributed by atoms with Gasteiger partial charge in [-0.3, -0.25) is 14.8 Å². The highest BCUT2D eigenvalue weighted by Crippen LogP contribution is 2.30. The van der Waals surface area contributed by atoms with Crippen LogP contribution in [0.5, 0.6) is 0 Å². The summed E-state index contributed by atoms with van der Waals surface area (Å²) in [5.41, 5.74) is 0.254. The highest BCUT2D eigenvalue weighted by molar-refractivity contribution is 14.0. The van der Waals surface area contributed by atoms with Crippen molar-refractivity contribution in [3.8, 4) is 0 Å². The van der Waals surface area contributed by atoms with Gasteiger partial charge in [-0.1, -0.05) is 0 Å². The molecule has 0 aromatic carbocycles. The van der Waals surface area contributed by atoms with Crippen molar-refractivity contribution in [2.24, 2.45) is 18.0 Å². The van der Waals surface area contributed by atoms with E-state index < -0.39 is 11.6 Å². The molecular weight excluding hydrogens is 461 g/mol. The van der Waals surface area contributed by atoms with Crippen LogP contribution in [0.25, 0.3) is 0 Å². The monoisotopic (exact) mass is 489 g/mol. The largest absolute Gasteiger partial charge is 0.357 e. The Labute approximate surface area is 176 Å². The van der Waals surface area contributed by atoms with Crippen LogP contribution in [0.1, 0.15) is 32.3 Å². The lowest BCUT2D eigenvalue weighted by atomic mass is 9.79. The summed E-state index contributed by atoms with van der Waals surface area (Å²) in [5.74, 6) is 0.768. The maximum Gasteiger partial charge on any atom is 0.322 e. The number of hydrogen-bond acceptors (Lipinski definition) is 4. The molecule has 2 saturated heterocycles. The lowest BCUT2D eigenvalue weighted by molar-refractivity contribution is -0.125. The van der Waals surface area contributed by atoms with Crippen LogP contribution < -0.4 is 16.0 Å². The molecule has 150 valence electrons. The Balaban J connectivity index is 0.00000261. The van der Waals surface area contributed by atoms with E-state index >= 15 is 0 Å². The van der Waals surface area contributed by atoms with E-state index in [4.69, 9.17) is 4.99 Å². The molecule has 1 atom stereocenters. The van der Waals surface area contributed by atoms with Crippen LogP contribution in [-0.4, -0.2) is 57.8 Å². The number of aromatic nitrogens is 2. The summed E-state index contributed by atoms with van der Waals surface area (Å²) in [5, 5.41) is 12.7. The third-order valence-corrected chi connectivity index (χ3v) is 5.19. The van der Waals surface area contributed by atoms with Gasteiger partial charge in [-0.15, -0.1) is 24.0 Å². The van der Waals surface area contributed by atoms with Crippen molar-refractivity contribution in [2.75, 3.05) is 19.6 Å². The fourth-order valence-corrected chi connectivity index (χ4v) is 3.66. The number of amides is 3. The molecule has 2 fully saturated rings. The van der Waals surface area contributed by atoms with E-state index in [-0.39, 0.29) is 35.8 Å². The first-order chi connectivity index (χ1) is 12.4. The minimum Gasteiger partial charge on any atom is -0.357 e. The third-order valence-electron chi connectivity index (χ3n) is 5.19. The summed E-state index contributed by atoms with van der Waals surface area (Å²) in [4.78, 5) is 30.6. The summed E-state index contributed by atoms with van der Waals surface area (Å²) in [7, 11) is 1.89. The first kappa shape index (κ1) is 21.5. The number of nitrogens with one attached hydrogen (secondary N) is 3. The topological polar surface area (TPSA) is 104 Å². The standard InChI is InChI=1S/C17H27N7O2.HI/c1-4-18-15(19-9-12-10-20-23(3)11-12)24-7-5-13(6-8-24)17(2)14(25)21-16(26)22-17;/h10-11,13H,4-9H2,1-3H3,(H,18,19)(H2,21,22,25,26);1H. The normalized spacial score (nSPS) is 23.7. The lowest BCUT2D eigenvalue weighted by Gasteiger charge is -2.39. The van der Waals surface area contributed by atoms with Crippen LogP contribution >= 0.6 is 24.0 Å². The fraction of sp³-hybridized carbons (Fsp3) is 0.647. The molecule has 27 heavy (non-hydrogen) atoms. The Morgan fingerprint density at radius 1 is 1.41 bits per heavy atom. The second kappa shape index (κ2) is 8.89. The number of guanidine groups is 1. The minimum atomic E-state index is -0.811. The van der Waals surface area contributed by atoms with E-state index in [1.54, 1.807) is 4.68 Å². The first-order valence-electron chi connectivity index (χ1n) is 9.06. The van der Waals surface area contributed by atoms with Crippen LogP contribution in [0, 0.1) is 5.92 Å². The molecule has 3 N–H and O–H groups in total. The predicted molar refractivity (Wildman–Crippen MR) is 113 cm³/mol. The molecule has 0 spiro atoms. The molecular formula is C17H28IN7O2. The number of nitrogens with zero attached hydrogens (tertiary/aromatic N) is 4. The Hall–Kier alpha value is -1.85. The van der Waals surface area contributed by atoms with Gasteiger partial charge < -0.3 is 15.5 Å². The van der Waals surface area contributed by atoms with Crippen LogP contribution in [0.3, 0.4) is 0 Å². The van der Waals surface area contributed by atoms with E-state index in [0.717, 1.165) is 44.0 Å². The quantitative estimate of drug-likeness (QED) is 0.252. The van der Waals surface area contributed by atoms with Gasteiger partial charge in [0.15, 0.2) is 5.96 Å². The average Bonchev–Trinajstić information content (AvgIpc) is 3.14. The summed E-state index contributed by atoms with van der Waals surface area (Å²) >= 11 is 0. The molecule has 1 aromatic rings. The number of hydrogen-bond donors (Lipinski definition) is 3. The number of aliphatic imine (C=N–C) groups is 1. The Bertz CT molecular complexity index is 712. The Morgan fingerprint density at radius 3 is 2.63 bits per heavy atom. The zero-order valence-corrected chi connectivity index (χ0v) is 18.3. The third kappa shape index (κ3) is 4.71. The number of aryl methyl sites for hydroxylation is 1. The molecule has 3 rings (SSSR count). The molecule has 3 amide bonds. The SMILES string of the molecule is CCNC(=NCc1cnn(C)c1)N1CCC(C2(C)NC(=O)NC2=O)CC1.I. The molecule has 0 bridgehead atoms. The maximum absolute atomic E-state index is 12.1. The molecule has 0 saturated carbocycles. The van der Waals surface area contributed by atoms with Gasteiger partial charge in [0, 0.05) is 38.4 Å². The zero-order chi connectivity index (χ0) is 18.7. The molecule has 0 radical (unpaired) electrons. The zero-order valence-electron chi connectivity index (χ0n) is 16.0. The van der Waals surface area contributed by atoms with E-state index in [1.807, 2.05) is 33.3 Å². The van der Waals surface area contributed by atoms with Gasteiger partial charge in [0.05, 0.1) is 12.7 Å². The summed E-state index contributed by atoms with van der Waals surface area (Å²) in [6, 6.07) is -0.397. The van der Waals surface area contributed by atoms with Crippen LogP contribution in [0.4, 0.5) is 4.79 Å². The molecule has 9 nitrogen and oxygen atoms in total. The molecule has 1 unspecified atom stereocenters. The fourth-order valence-electron chi connectivity index (χ4n) is 3.66. The Morgan fingerprint density at radius 2 is 2.11 bits per heavy atom. The number of imide groups is 1. The van der Waals surface area contributed by atoms with Crippen LogP contribution in [0.2, 0.25) is 0 Å². The molecule has 2 aliphatic heterocycles. The van der Waals surface area contributed by atoms with Crippen molar-refractivity contribution in [3.05, 3.63) is 18.0 Å². The van der Waals surface area contributed by atoms with Gasteiger partial charge in [0.25, 0.3) is 5.91 Å². The maximum atomic E-state index is 12.1. The van der Waals surface area contributed by atoms with Crippen molar-refractivity contribution < 1.29 is 9.59 Å². The molecule has 1 aromatic heterocycles. The summed E-state index contributed by atoms with van der Waals surface area (Å²) in [6.45, 7) is 6.82. The second-order valence-electron chi connectivity index (χ2n) is 7.06. The summed E-state index contributed by atoms with van der Waals surface area (Å²) in [6.07, 6.45) is 5.42. The minimum absolute atomic E-state index is 0. The molecule has 10 heteroatoms. The number of likely N-dealkylation sites (tertiary alicyclic amines) is 1. The second-order valence-corrected chi connectivity index (χ2v) is 7.06. The van der Waals surface area contributed by atoms with E-state index in [9.17, 15) is 9.59 Å². The van der Waals surface area contributed by atoms with E-state index in [1.165, 1.54) is 0 Å². The lowest BCUT2D eigenvalue weighted by Crippen LogP contribution is -2.55. The highest BCUT2D eigenvalue weighted by Gasteiger charge is 2.48. The average molecular weight is 489 g/mol. The van der Waals surface area contributed by atoms with Crippen molar-refractivity contribution in [1.29, 1.82) is 0 Å². The number of carbonyl (C=O) groups is 2. The van der Waals surface area contributed by atoms with Crippen molar-refractivity contribution >= 4 is 41.9 Å². The van der Waals surface area contributed by atoms with Crippen molar-refractivity contribution in [2.45, 2.75) is 38.8 Å². The van der Waals surface area contributed by atoms with Gasteiger partial charge in [0.1, 0.15) is 5.54 Å². The van der Waals surface area contributed by atoms with Crippen LogP contribution in [0.15, 0.2) is 17.4 Å². The van der Waals surface area contributed by atoms with Gasteiger partial charge in [0.2, 0.25) is 0 Å². The van der Waals surface area contributed by atoms with Crippen molar-refractivity contribution in [3.63, 3.8) is 0 Å². The molecule has 3 heterocycles. The van der Waals surface area contributed by atoms with Crippen LogP contribution in [-0.2, 0) is 18.4 Å². The van der Waals surface area contributed by atoms with Gasteiger partial charge in [-0.2, -0.15) is 5.10 Å². The number of halogens is 1. The molecule has 0 aliphatic carbocycles. The predicted octanol–water partition coefficient (Wildman–Crippen LogP) is 0.814. The number of piperidine rings is 1. The van der Waals surface area contributed by atoms with Crippen molar-refractivity contribution in [1.82, 2.24) is 30.6 Å². The Kier molecular flexibility index (Phi) is 7.06. The van der Waals surface area contributed by atoms with E-state index in [2.05, 4.69) is 25.9 Å². The first-order valence-corrected chi connectivity index (χ1v) is 9.06. The van der Waals surface area contributed by atoms with Gasteiger partial charge in [-0.05, 0) is 32.6 Å². The highest BCUT2D eigenvalue weighted by atomic mass is 127. The van der Waals surface area contributed by atoms with E-state index in [0.29, 0.717) is 6.54 Å². The van der Waals surface area contributed by atoms with Gasteiger partial charge >= 0.3 is 6.03 Å². The number of rotatable bonds is 4. The smallest absolute Gasteiger partial charge is 0.322 e.